The summed E-state index contributed by atoms with van der Waals surface area (Å²) in [6, 6.07) is 2.15. The highest BCUT2D eigenvalue weighted by atomic mass is 32.2. The number of ether oxygens (including phenoxy) is 1. The molecule has 4 nitrogen and oxygen atoms in total. The smallest absolute Gasteiger partial charge is 0.243 e. The van der Waals surface area contributed by atoms with Gasteiger partial charge in [-0.2, -0.15) is 4.31 Å². The Balaban J connectivity index is 1.90. The van der Waals surface area contributed by atoms with Gasteiger partial charge in [0, 0.05) is 18.7 Å². The predicted octanol–water partition coefficient (Wildman–Crippen LogP) is 2.15. The molecule has 1 heterocycles. The van der Waals surface area contributed by atoms with Crippen molar-refractivity contribution >= 4 is 10.0 Å². The lowest BCUT2D eigenvalue weighted by Crippen LogP contribution is -2.48. The SMILES string of the molecule is O=S(=O)(c1cc(F)cc(F)c1)N1CCOC[C@H]1CC1CC1. The van der Waals surface area contributed by atoms with Gasteiger partial charge >= 0.3 is 0 Å². The normalized spacial score (nSPS) is 24.2. The summed E-state index contributed by atoms with van der Waals surface area (Å²) < 4.78 is 58.6. The first-order valence-electron chi connectivity index (χ1n) is 7.02. The summed E-state index contributed by atoms with van der Waals surface area (Å²) >= 11 is 0. The summed E-state index contributed by atoms with van der Waals surface area (Å²) in [7, 11) is -3.90. The van der Waals surface area contributed by atoms with Crippen molar-refractivity contribution in [3.63, 3.8) is 0 Å². The first-order chi connectivity index (χ1) is 9.96. The zero-order chi connectivity index (χ0) is 15.0. The topological polar surface area (TPSA) is 46.6 Å². The molecule has 0 N–H and O–H groups in total. The summed E-state index contributed by atoms with van der Waals surface area (Å²) in [6.45, 7) is 0.865. The standard InChI is InChI=1S/C14H17F2NO3S/c15-11-6-12(16)8-14(7-11)21(18,19)17-3-4-20-9-13(17)5-10-1-2-10/h6-8,10,13H,1-5,9H2/t13-/m1/s1. The number of sulfonamides is 1. The molecular weight excluding hydrogens is 300 g/mol. The van der Waals surface area contributed by atoms with Crippen LogP contribution in [0.25, 0.3) is 0 Å². The quantitative estimate of drug-likeness (QED) is 0.855. The van der Waals surface area contributed by atoms with Gasteiger partial charge in [-0.05, 0) is 24.5 Å². The molecule has 116 valence electrons. The van der Waals surface area contributed by atoms with E-state index in [0.717, 1.165) is 31.4 Å². The molecule has 0 aromatic heterocycles. The largest absolute Gasteiger partial charge is 0.378 e. The summed E-state index contributed by atoms with van der Waals surface area (Å²) in [6.07, 6.45) is 2.97. The van der Waals surface area contributed by atoms with Crippen LogP contribution in [0.5, 0.6) is 0 Å². The molecule has 1 aliphatic heterocycles. The van der Waals surface area contributed by atoms with E-state index in [4.69, 9.17) is 4.74 Å². The third-order valence-electron chi connectivity index (χ3n) is 3.92. The fourth-order valence-corrected chi connectivity index (χ4v) is 4.34. The van der Waals surface area contributed by atoms with Gasteiger partial charge in [-0.25, -0.2) is 17.2 Å². The molecule has 3 rings (SSSR count). The van der Waals surface area contributed by atoms with E-state index < -0.39 is 21.7 Å². The van der Waals surface area contributed by atoms with Gasteiger partial charge in [0.25, 0.3) is 0 Å². The Bertz CT molecular complexity index is 611. The fraction of sp³-hybridized carbons (Fsp3) is 0.571. The van der Waals surface area contributed by atoms with Crippen molar-refractivity contribution < 1.29 is 21.9 Å². The van der Waals surface area contributed by atoms with E-state index in [1.165, 1.54) is 4.31 Å². The number of morpholine rings is 1. The van der Waals surface area contributed by atoms with Gasteiger partial charge < -0.3 is 4.74 Å². The van der Waals surface area contributed by atoms with Crippen LogP contribution in [0.4, 0.5) is 8.78 Å². The molecule has 0 bridgehead atoms. The van der Waals surface area contributed by atoms with Crippen molar-refractivity contribution in [1.82, 2.24) is 4.31 Å². The van der Waals surface area contributed by atoms with E-state index >= 15 is 0 Å². The van der Waals surface area contributed by atoms with Crippen molar-refractivity contribution in [3.8, 4) is 0 Å². The van der Waals surface area contributed by atoms with Gasteiger partial charge in [0.15, 0.2) is 0 Å². The average molecular weight is 317 g/mol. The molecule has 1 aliphatic carbocycles. The first-order valence-corrected chi connectivity index (χ1v) is 8.46. The zero-order valence-electron chi connectivity index (χ0n) is 11.5. The summed E-state index contributed by atoms with van der Waals surface area (Å²) in [5, 5.41) is 0. The Labute approximate surface area is 122 Å². The van der Waals surface area contributed by atoms with Crippen LogP contribution in [0.2, 0.25) is 0 Å². The van der Waals surface area contributed by atoms with E-state index in [2.05, 4.69) is 0 Å². The maximum Gasteiger partial charge on any atom is 0.243 e. The molecule has 1 aromatic carbocycles. The zero-order valence-corrected chi connectivity index (χ0v) is 12.3. The Morgan fingerprint density at radius 2 is 1.86 bits per heavy atom. The van der Waals surface area contributed by atoms with E-state index in [1.54, 1.807) is 0 Å². The second kappa shape index (κ2) is 5.62. The van der Waals surface area contributed by atoms with Crippen LogP contribution in [0.1, 0.15) is 19.3 Å². The second-order valence-corrected chi connectivity index (χ2v) is 7.52. The fourth-order valence-electron chi connectivity index (χ4n) is 2.69. The molecule has 2 aliphatic rings. The monoisotopic (exact) mass is 317 g/mol. The van der Waals surface area contributed by atoms with Crippen molar-refractivity contribution in [3.05, 3.63) is 29.8 Å². The third kappa shape index (κ3) is 3.25. The van der Waals surface area contributed by atoms with E-state index in [9.17, 15) is 17.2 Å². The van der Waals surface area contributed by atoms with E-state index in [-0.39, 0.29) is 17.5 Å². The van der Waals surface area contributed by atoms with Crippen LogP contribution < -0.4 is 0 Å². The summed E-state index contributed by atoms with van der Waals surface area (Å²) in [5.74, 6) is -1.24. The van der Waals surface area contributed by atoms with Crippen LogP contribution in [-0.2, 0) is 14.8 Å². The number of rotatable bonds is 4. The average Bonchev–Trinajstić information content (AvgIpc) is 3.22. The molecule has 7 heteroatoms. The number of nitrogens with zero attached hydrogens (tertiary/aromatic N) is 1. The Morgan fingerprint density at radius 3 is 2.48 bits per heavy atom. The lowest BCUT2D eigenvalue weighted by molar-refractivity contribution is 0.0277. The Morgan fingerprint density at radius 1 is 1.19 bits per heavy atom. The van der Waals surface area contributed by atoms with Crippen molar-refractivity contribution in [2.24, 2.45) is 5.92 Å². The van der Waals surface area contributed by atoms with Gasteiger partial charge in [-0.1, -0.05) is 12.8 Å². The number of halogens is 2. The van der Waals surface area contributed by atoms with Gasteiger partial charge in [0.1, 0.15) is 11.6 Å². The highest BCUT2D eigenvalue weighted by Gasteiger charge is 2.37. The van der Waals surface area contributed by atoms with Crippen molar-refractivity contribution in [1.29, 1.82) is 0 Å². The Hall–Kier alpha value is -1.05. The highest BCUT2D eigenvalue weighted by Crippen LogP contribution is 2.36. The van der Waals surface area contributed by atoms with Gasteiger partial charge in [-0.15, -0.1) is 0 Å². The molecule has 1 saturated heterocycles. The first kappa shape index (κ1) is 14.9. The lowest BCUT2D eigenvalue weighted by atomic mass is 10.1. The minimum absolute atomic E-state index is 0.220. The Kier molecular flexibility index (Phi) is 3.98. The molecule has 1 saturated carbocycles. The van der Waals surface area contributed by atoms with Crippen LogP contribution in [-0.4, -0.2) is 38.5 Å². The minimum Gasteiger partial charge on any atom is -0.378 e. The van der Waals surface area contributed by atoms with Crippen LogP contribution in [0, 0.1) is 17.6 Å². The molecule has 0 spiro atoms. The maximum atomic E-state index is 13.3. The van der Waals surface area contributed by atoms with Gasteiger partial charge in [-0.3, -0.25) is 0 Å². The van der Waals surface area contributed by atoms with E-state index in [1.807, 2.05) is 0 Å². The third-order valence-corrected chi connectivity index (χ3v) is 5.85. The van der Waals surface area contributed by atoms with Crippen LogP contribution >= 0.6 is 0 Å². The molecular formula is C14H17F2NO3S. The minimum atomic E-state index is -3.90. The summed E-state index contributed by atoms with van der Waals surface area (Å²) in [4.78, 5) is -0.331. The molecule has 1 atom stereocenters. The highest BCUT2D eigenvalue weighted by molar-refractivity contribution is 7.89. The molecule has 0 radical (unpaired) electrons. The molecule has 1 aromatic rings. The van der Waals surface area contributed by atoms with Crippen LogP contribution in [0.15, 0.2) is 23.1 Å². The molecule has 2 fully saturated rings. The molecule has 21 heavy (non-hydrogen) atoms. The maximum absolute atomic E-state index is 13.3. The van der Waals surface area contributed by atoms with Crippen molar-refractivity contribution in [2.75, 3.05) is 19.8 Å². The van der Waals surface area contributed by atoms with Gasteiger partial charge in [0.05, 0.1) is 18.1 Å². The molecule has 0 unspecified atom stereocenters. The number of benzene rings is 1. The summed E-state index contributed by atoms with van der Waals surface area (Å²) in [5.41, 5.74) is 0. The van der Waals surface area contributed by atoms with Gasteiger partial charge in [0.2, 0.25) is 10.0 Å². The second-order valence-electron chi connectivity index (χ2n) is 5.63. The molecule has 0 amide bonds. The number of hydrogen-bond acceptors (Lipinski definition) is 3. The predicted molar refractivity (Wildman–Crippen MR) is 72.2 cm³/mol. The van der Waals surface area contributed by atoms with Crippen molar-refractivity contribution in [2.45, 2.75) is 30.2 Å². The number of hydrogen-bond donors (Lipinski definition) is 0. The van der Waals surface area contributed by atoms with Crippen LogP contribution in [0.3, 0.4) is 0 Å². The lowest BCUT2D eigenvalue weighted by Gasteiger charge is -2.34. The van der Waals surface area contributed by atoms with E-state index in [0.29, 0.717) is 25.2 Å².